The molecule has 5 nitrogen and oxygen atoms in total. The van der Waals surface area contributed by atoms with E-state index in [4.69, 9.17) is 11.6 Å². The lowest BCUT2D eigenvalue weighted by Crippen LogP contribution is -2.50. The molecule has 1 aliphatic carbocycles. The van der Waals surface area contributed by atoms with Crippen LogP contribution in [0.3, 0.4) is 0 Å². The molecule has 1 aromatic rings. The molecule has 128 valence electrons. The maximum absolute atomic E-state index is 12.5. The van der Waals surface area contributed by atoms with Crippen LogP contribution in [0.15, 0.2) is 16.3 Å². The fourth-order valence-corrected chi connectivity index (χ4v) is 6.39. The lowest BCUT2D eigenvalue weighted by molar-refractivity contribution is -0.133. The van der Waals surface area contributed by atoms with Crippen molar-refractivity contribution in [1.29, 1.82) is 0 Å². The highest BCUT2D eigenvalue weighted by Gasteiger charge is 2.31. The molecule has 1 amide bonds. The van der Waals surface area contributed by atoms with Crippen LogP contribution in [-0.2, 0) is 14.8 Å². The molecule has 0 aromatic carbocycles. The van der Waals surface area contributed by atoms with E-state index in [-0.39, 0.29) is 10.1 Å². The van der Waals surface area contributed by atoms with Crippen LogP contribution in [0, 0.1) is 5.92 Å². The summed E-state index contributed by atoms with van der Waals surface area (Å²) in [6, 6.07) is 3.14. The first-order valence-electron chi connectivity index (χ1n) is 8.00. The summed E-state index contributed by atoms with van der Waals surface area (Å²) < 4.78 is 27.3. The zero-order chi connectivity index (χ0) is 16.4. The number of rotatable bonds is 4. The summed E-state index contributed by atoms with van der Waals surface area (Å²) in [5.41, 5.74) is 0. The maximum Gasteiger partial charge on any atom is 0.252 e. The predicted octanol–water partition coefficient (Wildman–Crippen LogP) is 2.81. The number of amides is 1. The highest BCUT2D eigenvalue weighted by Crippen LogP contribution is 2.30. The van der Waals surface area contributed by atoms with E-state index in [1.165, 1.54) is 17.1 Å². The van der Waals surface area contributed by atoms with Crippen molar-refractivity contribution in [3.8, 4) is 0 Å². The second-order valence-corrected chi connectivity index (χ2v) is 10.1. The molecular weight excluding hydrogens is 356 g/mol. The molecule has 0 radical (unpaired) electrons. The Morgan fingerprint density at radius 1 is 1.17 bits per heavy atom. The standard InChI is InChI=1S/C15H21ClN2O3S2/c16-13-5-6-15(22-13)23(20,21)18-9-7-17(8-10-18)14(19)11-12-3-1-2-4-12/h5-6,12H,1-4,7-11H2. The Bertz CT molecular complexity index is 660. The third-order valence-corrected chi connectivity index (χ3v) is 8.27. The Balaban J connectivity index is 1.56. The Morgan fingerprint density at radius 3 is 2.39 bits per heavy atom. The van der Waals surface area contributed by atoms with Crippen molar-refractivity contribution in [3.05, 3.63) is 16.5 Å². The van der Waals surface area contributed by atoms with Crippen LogP contribution >= 0.6 is 22.9 Å². The second kappa shape index (κ2) is 7.09. The summed E-state index contributed by atoms with van der Waals surface area (Å²) in [6.07, 6.45) is 5.38. The van der Waals surface area contributed by atoms with Crippen LogP contribution in [0.2, 0.25) is 4.34 Å². The number of thiophene rings is 1. The molecule has 8 heteroatoms. The average Bonchev–Trinajstić information content (AvgIpc) is 3.19. The van der Waals surface area contributed by atoms with Gasteiger partial charge in [-0.2, -0.15) is 4.31 Å². The van der Waals surface area contributed by atoms with E-state index >= 15 is 0 Å². The number of halogens is 1. The van der Waals surface area contributed by atoms with E-state index < -0.39 is 10.0 Å². The minimum atomic E-state index is -3.48. The van der Waals surface area contributed by atoms with Gasteiger partial charge in [0.2, 0.25) is 5.91 Å². The van der Waals surface area contributed by atoms with Gasteiger partial charge in [-0.1, -0.05) is 24.4 Å². The van der Waals surface area contributed by atoms with Gasteiger partial charge in [0.15, 0.2) is 0 Å². The van der Waals surface area contributed by atoms with E-state index in [9.17, 15) is 13.2 Å². The van der Waals surface area contributed by atoms with E-state index in [0.717, 1.165) is 24.2 Å². The smallest absolute Gasteiger partial charge is 0.252 e. The molecule has 2 fully saturated rings. The highest BCUT2D eigenvalue weighted by atomic mass is 35.5. The SMILES string of the molecule is O=C(CC1CCCC1)N1CCN(S(=O)(=O)c2ccc(Cl)s2)CC1. The number of piperazine rings is 1. The predicted molar refractivity (Wildman–Crippen MR) is 91.2 cm³/mol. The zero-order valence-electron chi connectivity index (χ0n) is 12.9. The number of hydrogen-bond acceptors (Lipinski definition) is 4. The van der Waals surface area contributed by atoms with E-state index in [2.05, 4.69) is 0 Å². The molecule has 3 rings (SSSR count). The van der Waals surface area contributed by atoms with Gasteiger partial charge in [0.05, 0.1) is 4.34 Å². The van der Waals surface area contributed by atoms with Gasteiger partial charge in [0.25, 0.3) is 10.0 Å². The normalized spacial score (nSPS) is 21.0. The minimum Gasteiger partial charge on any atom is -0.340 e. The monoisotopic (exact) mass is 376 g/mol. The Labute approximate surface area is 146 Å². The average molecular weight is 377 g/mol. The first-order chi connectivity index (χ1) is 11.0. The van der Waals surface area contributed by atoms with E-state index in [1.807, 2.05) is 4.90 Å². The van der Waals surface area contributed by atoms with Gasteiger partial charge in [0, 0.05) is 32.6 Å². The van der Waals surface area contributed by atoms with E-state index in [1.54, 1.807) is 12.1 Å². The first-order valence-corrected chi connectivity index (χ1v) is 10.6. The maximum atomic E-state index is 12.5. The van der Waals surface area contributed by atoms with E-state index in [0.29, 0.717) is 42.9 Å². The van der Waals surface area contributed by atoms with Gasteiger partial charge >= 0.3 is 0 Å². The minimum absolute atomic E-state index is 0.174. The Hall–Kier alpha value is -0.630. The number of sulfonamides is 1. The van der Waals surface area contributed by atoms with Crippen molar-refractivity contribution in [2.45, 2.75) is 36.3 Å². The number of carbonyl (C=O) groups is 1. The van der Waals surface area contributed by atoms with Crippen molar-refractivity contribution >= 4 is 38.9 Å². The molecular formula is C15H21ClN2O3S2. The molecule has 0 atom stereocenters. The molecule has 0 bridgehead atoms. The Kier molecular flexibility index (Phi) is 5.30. The van der Waals surface area contributed by atoms with Gasteiger partial charge < -0.3 is 4.90 Å². The first kappa shape index (κ1) is 17.2. The topological polar surface area (TPSA) is 57.7 Å². The summed E-state index contributed by atoms with van der Waals surface area (Å²) in [5.74, 6) is 0.700. The fourth-order valence-electron chi connectivity index (χ4n) is 3.33. The number of hydrogen-bond donors (Lipinski definition) is 0. The van der Waals surface area contributed by atoms with Gasteiger partial charge in [-0.25, -0.2) is 8.42 Å². The molecule has 2 aliphatic rings. The van der Waals surface area contributed by atoms with Crippen LogP contribution in [0.5, 0.6) is 0 Å². The quantitative estimate of drug-likeness (QED) is 0.811. The van der Waals surface area contributed by atoms with Crippen LogP contribution in [0.4, 0.5) is 0 Å². The summed E-state index contributed by atoms with van der Waals surface area (Å²) >= 11 is 6.91. The molecule has 1 saturated carbocycles. The van der Waals surface area contributed by atoms with Crippen molar-refractivity contribution in [3.63, 3.8) is 0 Å². The number of carbonyl (C=O) groups excluding carboxylic acids is 1. The summed E-state index contributed by atoms with van der Waals surface area (Å²) in [4.78, 5) is 14.1. The lowest BCUT2D eigenvalue weighted by Gasteiger charge is -2.34. The number of nitrogens with zero attached hydrogens (tertiary/aromatic N) is 2. The zero-order valence-corrected chi connectivity index (χ0v) is 15.3. The van der Waals surface area contributed by atoms with Gasteiger partial charge in [-0.05, 0) is 30.9 Å². The van der Waals surface area contributed by atoms with Crippen molar-refractivity contribution < 1.29 is 13.2 Å². The fraction of sp³-hybridized carbons (Fsp3) is 0.667. The van der Waals surface area contributed by atoms with Gasteiger partial charge in [-0.3, -0.25) is 4.79 Å². The molecule has 1 saturated heterocycles. The largest absolute Gasteiger partial charge is 0.340 e. The van der Waals surface area contributed by atoms with Crippen LogP contribution in [0.25, 0.3) is 0 Å². The molecule has 1 aromatic heterocycles. The van der Waals surface area contributed by atoms with Gasteiger partial charge in [0.1, 0.15) is 4.21 Å². The molecule has 2 heterocycles. The molecule has 23 heavy (non-hydrogen) atoms. The molecule has 1 aliphatic heterocycles. The Morgan fingerprint density at radius 2 is 1.83 bits per heavy atom. The second-order valence-electron chi connectivity index (χ2n) is 6.20. The molecule has 0 N–H and O–H groups in total. The third-order valence-electron chi connectivity index (χ3n) is 4.67. The van der Waals surface area contributed by atoms with Gasteiger partial charge in [-0.15, -0.1) is 11.3 Å². The lowest BCUT2D eigenvalue weighted by atomic mass is 10.0. The van der Waals surface area contributed by atoms with Crippen LogP contribution in [0.1, 0.15) is 32.1 Å². The third kappa shape index (κ3) is 3.90. The summed E-state index contributed by atoms with van der Waals surface area (Å²) in [5, 5.41) is 0. The van der Waals surface area contributed by atoms with Crippen molar-refractivity contribution in [2.24, 2.45) is 5.92 Å². The van der Waals surface area contributed by atoms with Crippen LogP contribution < -0.4 is 0 Å². The van der Waals surface area contributed by atoms with Crippen LogP contribution in [-0.4, -0.2) is 49.7 Å². The molecule has 0 spiro atoms. The van der Waals surface area contributed by atoms with Crippen molar-refractivity contribution in [2.75, 3.05) is 26.2 Å². The summed E-state index contributed by atoms with van der Waals surface area (Å²) in [7, 11) is -3.48. The molecule has 0 unspecified atom stereocenters. The highest BCUT2D eigenvalue weighted by molar-refractivity contribution is 7.91. The van der Waals surface area contributed by atoms with Crippen molar-refractivity contribution in [1.82, 2.24) is 9.21 Å². The summed E-state index contributed by atoms with van der Waals surface area (Å²) in [6.45, 7) is 1.66.